The van der Waals surface area contributed by atoms with Crippen LogP contribution in [0.4, 0.5) is 4.39 Å². The van der Waals surface area contributed by atoms with Gasteiger partial charge in [-0.3, -0.25) is 4.84 Å². The van der Waals surface area contributed by atoms with Gasteiger partial charge in [-0.15, -0.1) is 0 Å². The van der Waals surface area contributed by atoms with Crippen LogP contribution in [0.3, 0.4) is 0 Å². The first-order valence-electron chi connectivity index (χ1n) is 3.84. The van der Waals surface area contributed by atoms with Gasteiger partial charge in [0.1, 0.15) is 5.60 Å². The van der Waals surface area contributed by atoms with Crippen molar-refractivity contribution in [3.63, 3.8) is 0 Å². The van der Waals surface area contributed by atoms with E-state index in [4.69, 9.17) is 11.0 Å². The minimum absolute atomic E-state index is 0.378. The Morgan fingerprint density at radius 1 is 1.46 bits per heavy atom. The molecule has 0 aliphatic heterocycles. The molecule has 72 valence electrons. The molecular weight excluding hydrogens is 173 g/mol. The van der Waals surface area contributed by atoms with Crippen LogP contribution in [0, 0.1) is 5.82 Å². The Balaban J connectivity index is 3.10. The van der Waals surface area contributed by atoms with Crippen LogP contribution in [0.2, 0.25) is 0 Å². The molecule has 3 N–H and O–H groups in total. The van der Waals surface area contributed by atoms with Gasteiger partial charge in [-0.2, -0.15) is 0 Å². The smallest absolute Gasteiger partial charge is 0.165 e. The van der Waals surface area contributed by atoms with Crippen LogP contribution in [0.1, 0.15) is 19.4 Å². The van der Waals surface area contributed by atoms with Gasteiger partial charge in [0.05, 0.1) is 0 Å². The number of hydrogen-bond acceptors (Lipinski definition) is 3. The third-order valence-corrected chi connectivity index (χ3v) is 1.94. The fourth-order valence-corrected chi connectivity index (χ4v) is 0.949. The van der Waals surface area contributed by atoms with Gasteiger partial charge in [0.15, 0.2) is 11.6 Å². The van der Waals surface area contributed by atoms with Gasteiger partial charge in [0.2, 0.25) is 0 Å². The number of nitrogens with two attached hydrogens (primary N) is 1. The van der Waals surface area contributed by atoms with Gasteiger partial charge >= 0.3 is 0 Å². The number of halogens is 1. The summed E-state index contributed by atoms with van der Waals surface area (Å²) in [7, 11) is 0. The number of rotatable bonds is 2. The molecule has 0 amide bonds. The largest absolute Gasteiger partial charge is 0.505 e. The minimum Gasteiger partial charge on any atom is -0.505 e. The molecule has 0 unspecified atom stereocenters. The highest BCUT2D eigenvalue weighted by Crippen LogP contribution is 2.26. The van der Waals surface area contributed by atoms with Crippen molar-refractivity contribution < 1.29 is 14.3 Å². The van der Waals surface area contributed by atoms with E-state index < -0.39 is 11.4 Å². The van der Waals surface area contributed by atoms with Crippen molar-refractivity contribution in [2.75, 3.05) is 0 Å². The first-order valence-corrected chi connectivity index (χ1v) is 3.84. The summed E-state index contributed by atoms with van der Waals surface area (Å²) in [6.45, 7) is 3.41. The summed E-state index contributed by atoms with van der Waals surface area (Å²) in [5.74, 6) is 3.99. The standard InChI is InChI=1S/C9H12FNO2/c1-9(2,13-11)6-3-4-8(12)7(10)5-6/h3-5,12H,11H2,1-2H3. The van der Waals surface area contributed by atoms with Crippen LogP contribution >= 0.6 is 0 Å². The molecule has 1 rings (SSSR count). The molecule has 0 fully saturated rings. The first kappa shape index (κ1) is 9.95. The summed E-state index contributed by atoms with van der Waals surface area (Å²) < 4.78 is 12.9. The molecular formula is C9H12FNO2. The number of phenols is 1. The van der Waals surface area contributed by atoms with Crippen LogP contribution in [0.15, 0.2) is 18.2 Å². The number of benzene rings is 1. The summed E-state index contributed by atoms with van der Waals surface area (Å²) >= 11 is 0. The van der Waals surface area contributed by atoms with Crippen molar-refractivity contribution >= 4 is 0 Å². The van der Waals surface area contributed by atoms with E-state index in [1.807, 2.05) is 0 Å². The zero-order valence-electron chi connectivity index (χ0n) is 7.54. The van der Waals surface area contributed by atoms with Crippen LogP contribution < -0.4 is 5.90 Å². The Morgan fingerprint density at radius 3 is 2.54 bits per heavy atom. The number of phenolic OH excluding ortho intramolecular Hbond substituents is 1. The topological polar surface area (TPSA) is 55.5 Å². The molecule has 0 atom stereocenters. The summed E-state index contributed by atoms with van der Waals surface area (Å²) in [6.07, 6.45) is 0. The molecule has 3 nitrogen and oxygen atoms in total. The molecule has 4 heteroatoms. The van der Waals surface area contributed by atoms with E-state index in [1.165, 1.54) is 12.1 Å². The molecule has 1 aromatic carbocycles. The highest BCUT2D eigenvalue weighted by atomic mass is 19.1. The second-order valence-electron chi connectivity index (χ2n) is 3.29. The average Bonchev–Trinajstić information content (AvgIpc) is 2.09. The van der Waals surface area contributed by atoms with Crippen molar-refractivity contribution in [1.29, 1.82) is 0 Å². The Morgan fingerprint density at radius 2 is 2.08 bits per heavy atom. The van der Waals surface area contributed by atoms with Crippen molar-refractivity contribution in [3.8, 4) is 5.75 Å². The summed E-state index contributed by atoms with van der Waals surface area (Å²) in [5.41, 5.74) is -0.181. The molecule has 0 spiro atoms. The lowest BCUT2D eigenvalue weighted by Crippen LogP contribution is -2.25. The van der Waals surface area contributed by atoms with Gasteiger partial charge in [-0.25, -0.2) is 10.3 Å². The zero-order valence-corrected chi connectivity index (χ0v) is 7.54. The van der Waals surface area contributed by atoms with Crippen molar-refractivity contribution in [2.45, 2.75) is 19.4 Å². The third-order valence-electron chi connectivity index (χ3n) is 1.94. The Bertz CT molecular complexity index is 312. The lowest BCUT2D eigenvalue weighted by molar-refractivity contribution is -0.0238. The van der Waals surface area contributed by atoms with Gasteiger partial charge < -0.3 is 5.11 Å². The molecule has 1 aromatic rings. The average molecular weight is 185 g/mol. The molecule has 0 heterocycles. The predicted molar refractivity (Wildman–Crippen MR) is 46.4 cm³/mol. The second-order valence-corrected chi connectivity index (χ2v) is 3.29. The summed E-state index contributed by atoms with van der Waals surface area (Å²) in [4.78, 5) is 4.67. The normalized spacial score (nSPS) is 11.7. The van der Waals surface area contributed by atoms with Crippen LogP contribution in [-0.4, -0.2) is 5.11 Å². The maximum absolute atomic E-state index is 12.9. The molecule has 0 saturated heterocycles. The van der Waals surface area contributed by atoms with Crippen LogP contribution in [0.5, 0.6) is 5.75 Å². The molecule has 0 bridgehead atoms. The first-order chi connectivity index (χ1) is 5.97. The van der Waals surface area contributed by atoms with Gasteiger partial charge in [0.25, 0.3) is 0 Å². The highest BCUT2D eigenvalue weighted by molar-refractivity contribution is 5.30. The Labute approximate surface area is 75.9 Å². The predicted octanol–water partition coefficient (Wildman–Crippen LogP) is 1.66. The summed E-state index contributed by atoms with van der Waals surface area (Å²) in [5, 5.41) is 8.94. The Hall–Kier alpha value is -1.13. The lowest BCUT2D eigenvalue weighted by atomic mass is 9.98. The second kappa shape index (κ2) is 3.32. The number of hydrogen-bond donors (Lipinski definition) is 2. The fourth-order valence-electron chi connectivity index (χ4n) is 0.949. The maximum Gasteiger partial charge on any atom is 0.165 e. The maximum atomic E-state index is 12.9. The van der Waals surface area contributed by atoms with Crippen molar-refractivity contribution in [2.24, 2.45) is 5.90 Å². The van der Waals surface area contributed by atoms with Crippen LogP contribution in [-0.2, 0) is 10.4 Å². The lowest BCUT2D eigenvalue weighted by Gasteiger charge is -2.22. The quantitative estimate of drug-likeness (QED) is 0.689. The van der Waals surface area contributed by atoms with Crippen LogP contribution in [0.25, 0.3) is 0 Å². The van der Waals surface area contributed by atoms with E-state index in [1.54, 1.807) is 19.9 Å². The number of aromatic hydroxyl groups is 1. The molecule has 0 aliphatic carbocycles. The molecule has 0 aliphatic rings. The van der Waals surface area contributed by atoms with Crippen molar-refractivity contribution in [3.05, 3.63) is 29.6 Å². The van der Waals surface area contributed by atoms with E-state index in [9.17, 15) is 4.39 Å². The fraction of sp³-hybridized carbons (Fsp3) is 0.333. The third kappa shape index (κ3) is 1.96. The van der Waals surface area contributed by atoms with E-state index in [0.717, 1.165) is 0 Å². The van der Waals surface area contributed by atoms with Gasteiger partial charge in [-0.05, 0) is 31.5 Å². The summed E-state index contributed by atoms with van der Waals surface area (Å²) in [6, 6.07) is 4.03. The van der Waals surface area contributed by atoms with E-state index in [-0.39, 0.29) is 5.75 Å². The monoisotopic (exact) mass is 185 g/mol. The van der Waals surface area contributed by atoms with E-state index in [2.05, 4.69) is 4.84 Å². The Kier molecular flexibility index (Phi) is 2.54. The molecule has 0 aromatic heterocycles. The van der Waals surface area contributed by atoms with E-state index in [0.29, 0.717) is 5.56 Å². The van der Waals surface area contributed by atoms with Crippen molar-refractivity contribution in [1.82, 2.24) is 0 Å². The molecule has 0 saturated carbocycles. The molecule has 0 radical (unpaired) electrons. The SMILES string of the molecule is CC(C)(ON)c1ccc(O)c(F)c1. The van der Waals surface area contributed by atoms with Gasteiger partial charge in [-0.1, -0.05) is 6.07 Å². The highest BCUT2D eigenvalue weighted by Gasteiger charge is 2.21. The molecule has 13 heavy (non-hydrogen) atoms. The minimum atomic E-state index is -0.755. The van der Waals surface area contributed by atoms with E-state index >= 15 is 0 Å². The van der Waals surface area contributed by atoms with Gasteiger partial charge in [0, 0.05) is 0 Å². The zero-order chi connectivity index (χ0) is 10.1.